The van der Waals surface area contributed by atoms with Crippen molar-refractivity contribution in [1.82, 2.24) is 10.3 Å². The minimum Gasteiger partial charge on any atom is -0.355 e. The highest BCUT2D eigenvalue weighted by Crippen LogP contribution is 2.23. The highest BCUT2D eigenvalue weighted by atomic mass is 32.2. The van der Waals surface area contributed by atoms with Gasteiger partial charge < -0.3 is 10.2 Å². The number of hydrogen-bond donors (Lipinski definition) is 1. The molecule has 2 unspecified atom stereocenters. The van der Waals surface area contributed by atoms with Gasteiger partial charge in [-0.05, 0) is 25.6 Å². The predicted molar refractivity (Wildman–Crippen MR) is 75.8 cm³/mol. The van der Waals surface area contributed by atoms with Crippen LogP contribution in [-0.2, 0) is 0 Å². The van der Waals surface area contributed by atoms with Crippen molar-refractivity contribution in [3.05, 3.63) is 23.9 Å². The number of anilines is 1. The molecule has 94 valence electrons. The van der Waals surface area contributed by atoms with Crippen LogP contribution >= 0.6 is 11.8 Å². The Bertz CT molecular complexity index is 352. The fourth-order valence-electron chi connectivity index (χ4n) is 2.03. The van der Waals surface area contributed by atoms with E-state index in [4.69, 9.17) is 0 Å². The van der Waals surface area contributed by atoms with Crippen molar-refractivity contribution in [1.29, 1.82) is 0 Å². The lowest BCUT2D eigenvalue weighted by atomic mass is 10.1. The maximum Gasteiger partial charge on any atom is 0.128 e. The average molecular weight is 251 g/mol. The van der Waals surface area contributed by atoms with Crippen LogP contribution in [0.5, 0.6) is 0 Å². The van der Waals surface area contributed by atoms with Crippen molar-refractivity contribution in [3.8, 4) is 0 Å². The van der Waals surface area contributed by atoms with Gasteiger partial charge in [0.1, 0.15) is 5.82 Å². The van der Waals surface area contributed by atoms with Gasteiger partial charge in [0, 0.05) is 36.3 Å². The molecular weight excluding hydrogens is 230 g/mol. The standard InChI is InChI=1S/C13H21N3S/c1-10-9-16(6-7-17-10)13-5-4-12(8-15-13)11(2)14-3/h4-5,8,10-11,14H,6-7,9H2,1-3H3. The summed E-state index contributed by atoms with van der Waals surface area (Å²) >= 11 is 2.05. The number of aromatic nitrogens is 1. The number of rotatable bonds is 3. The lowest BCUT2D eigenvalue weighted by molar-refractivity contribution is 0.649. The van der Waals surface area contributed by atoms with Crippen molar-refractivity contribution < 1.29 is 0 Å². The second-order valence-electron chi connectivity index (χ2n) is 4.59. The molecule has 0 saturated carbocycles. The number of thioether (sulfide) groups is 1. The molecule has 1 aliphatic heterocycles. The van der Waals surface area contributed by atoms with Gasteiger partial charge in [0.2, 0.25) is 0 Å². The van der Waals surface area contributed by atoms with Crippen LogP contribution in [0.4, 0.5) is 5.82 Å². The Morgan fingerprint density at radius 1 is 1.53 bits per heavy atom. The Morgan fingerprint density at radius 3 is 2.94 bits per heavy atom. The van der Waals surface area contributed by atoms with E-state index in [0.29, 0.717) is 11.3 Å². The summed E-state index contributed by atoms with van der Waals surface area (Å²) in [5.74, 6) is 2.32. The molecule has 2 atom stereocenters. The Labute approximate surface area is 108 Å². The molecule has 0 bridgehead atoms. The Kier molecular flexibility index (Phi) is 4.29. The molecular formula is C13H21N3S. The molecule has 1 saturated heterocycles. The van der Waals surface area contributed by atoms with E-state index in [-0.39, 0.29) is 0 Å². The predicted octanol–water partition coefficient (Wildman–Crippen LogP) is 2.30. The normalized spacial score (nSPS) is 22.5. The first kappa shape index (κ1) is 12.7. The van der Waals surface area contributed by atoms with Crippen LogP contribution in [-0.4, -0.2) is 36.1 Å². The first-order valence-corrected chi connectivity index (χ1v) is 7.25. The Morgan fingerprint density at radius 2 is 2.35 bits per heavy atom. The summed E-state index contributed by atoms with van der Waals surface area (Å²) in [6, 6.07) is 4.69. The molecule has 17 heavy (non-hydrogen) atoms. The van der Waals surface area contributed by atoms with E-state index in [9.17, 15) is 0 Å². The summed E-state index contributed by atoms with van der Waals surface area (Å²) in [7, 11) is 1.97. The van der Waals surface area contributed by atoms with Gasteiger partial charge in [-0.3, -0.25) is 0 Å². The van der Waals surface area contributed by atoms with Crippen LogP contribution in [0.25, 0.3) is 0 Å². The summed E-state index contributed by atoms with van der Waals surface area (Å²) in [4.78, 5) is 6.97. The topological polar surface area (TPSA) is 28.2 Å². The van der Waals surface area contributed by atoms with Crippen molar-refractivity contribution in [3.63, 3.8) is 0 Å². The third-order valence-corrected chi connectivity index (χ3v) is 4.41. The lowest BCUT2D eigenvalue weighted by Crippen LogP contribution is -2.37. The molecule has 3 nitrogen and oxygen atoms in total. The molecule has 0 aliphatic carbocycles. The molecule has 0 aromatic carbocycles. The lowest BCUT2D eigenvalue weighted by Gasteiger charge is -2.31. The summed E-state index contributed by atoms with van der Waals surface area (Å²) in [6.07, 6.45) is 1.99. The van der Waals surface area contributed by atoms with E-state index in [1.54, 1.807) is 0 Å². The first-order chi connectivity index (χ1) is 8.20. The monoisotopic (exact) mass is 251 g/mol. The van der Waals surface area contributed by atoms with E-state index in [2.05, 4.69) is 41.2 Å². The fourth-order valence-corrected chi connectivity index (χ4v) is 3.05. The molecule has 2 heterocycles. The van der Waals surface area contributed by atoms with Gasteiger partial charge in [0.15, 0.2) is 0 Å². The maximum atomic E-state index is 4.58. The van der Waals surface area contributed by atoms with Gasteiger partial charge in [-0.2, -0.15) is 11.8 Å². The van der Waals surface area contributed by atoms with Gasteiger partial charge in [-0.25, -0.2) is 4.98 Å². The number of pyridine rings is 1. The second-order valence-corrected chi connectivity index (χ2v) is 6.13. The molecule has 0 spiro atoms. The molecule has 0 amide bonds. The highest BCUT2D eigenvalue weighted by molar-refractivity contribution is 8.00. The minimum absolute atomic E-state index is 0.368. The van der Waals surface area contributed by atoms with Gasteiger partial charge in [-0.15, -0.1) is 0 Å². The van der Waals surface area contributed by atoms with Gasteiger partial charge in [0.25, 0.3) is 0 Å². The van der Waals surface area contributed by atoms with Gasteiger partial charge in [0.05, 0.1) is 0 Å². The number of nitrogens with zero attached hydrogens (tertiary/aromatic N) is 2. The van der Waals surface area contributed by atoms with Crippen LogP contribution in [0, 0.1) is 0 Å². The van der Waals surface area contributed by atoms with Crippen LogP contribution in [0.2, 0.25) is 0 Å². The number of nitrogens with one attached hydrogen (secondary N) is 1. The molecule has 1 N–H and O–H groups in total. The fraction of sp³-hybridized carbons (Fsp3) is 0.615. The Hall–Kier alpha value is -0.740. The quantitative estimate of drug-likeness (QED) is 0.892. The van der Waals surface area contributed by atoms with Crippen molar-refractivity contribution in [2.24, 2.45) is 0 Å². The summed E-state index contributed by atoms with van der Waals surface area (Å²) in [5.41, 5.74) is 1.25. The zero-order chi connectivity index (χ0) is 12.3. The molecule has 1 fully saturated rings. The van der Waals surface area contributed by atoms with Crippen molar-refractivity contribution >= 4 is 17.6 Å². The third kappa shape index (κ3) is 3.13. The molecule has 1 aliphatic rings. The van der Waals surface area contributed by atoms with Crippen LogP contribution in [0.3, 0.4) is 0 Å². The first-order valence-electron chi connectivity index (χ1n) is 6.20. The average Bonchev–Trinajstić information content (AvgIpc) is 2.38. The minimum atomic E-state index is 0.368. The smallest absolute Gasteiger partial charge is 0.128 e. The van der Waals surface area contributed by atoms with E-state index >= 15 is 0 Å². The highest BCUT2D eigenvalue weighted by Gasteiger charge is 2.17. The van der Waals surface area contributed by atoms with Gasteiger partial charge >= 0.3 is 0 Å². The van der Waals surface area contributed by atoms with E-state index < -0.39 is 0 Å². The zero-order valence-electron chi connectivity index (χ0n) is 10.8. The number of hydrogen-bond acceptors (Lipinski definition) is 4. The van der Waals surface area contributed by atoms with Crippen molar-refractivity contribution in [2.75, 3.05) is 30.8 Å². The van der Waals surface area contributed by atoms with Gasteiger partial charge in [-0.1, -0.05) is 13.0 Å². The SMILES string of the molecule is CNC(C)c1ccc(N2CCSC(C)C2)nc1. The maximum absolute atomic E-state index is 4.58. The summed E-state index contributed by atoms with van der Waals surface area (Å²) in [6.45, 7) is 6.66. The summed E-state index contributed by atoms with van der Waals surface area (Å²) < 4.78 is 0. The molecule has 2 rings (SSSR count). The van der Waals surface area contributed by atoms with E-state index in [0.717, 1.165) is 18.9 Å². The van der Waals surface area contributed by atoms with Crippen LogP contribution < -0.4 is 10.2 Å². The largest absolute Gasteiger partial charge is 0.355 e. The van der Waals surface area contributed by atoms with E-state index in [1.807, 2.05) is 25.0 Å². The van der Waals surface area contributed by atoms with E-state index in [1.165, 1.54) is 11.3 Å². The molecule has 4 heteroatoms. The zero-order valence-corrected chi connectivity index (χ0v) is 11.6. The molecule has 1 aromatic rings. The summed E-state index contributed by atoms with van der Waals surface area (Å²) in [5, 5.41) is 3.94. The second kappa shape index (κ2) is 5.74. The van der Waals surface area contributed by atoms with Crippen molar-refractivity contribution in [2.45, 2.75) is 25.1 Å². The Balaban J connectivity index is 2.06. The van der Waals surface area contributed by atoms with Crippen LogP contribution in [0.1, 0.15) is 25.5 Å². The third-order valence-electron chi connectivity index (χ3n) is 3.27. The van der Waals surface area contributed by atoms with Crippen LogP contribution in [0.15, 0.2) is 18.3 Å². The molecule has 0 radical (unpaired) electrons. The molecule has 1 aromatic heterocycles.